The van der Waals surface area contributed by atoms with E-state index in [4.69, 9.17) is 14.4 Å². The standard InChI is InChI=1S/C14H17BFNO4/c1-13(2)14(3,4)21-15(20-13)6-5-9-7-10(16)11(12(18)19)17-8-9/h5-8H,1-4H3,(H,18,19)/b6-5+. The Bertz CT molecular complexity index is 585. The highest BCUT2D eigenvalue weighted by Gasteiger charge is 2.49. The van der Waals surface area contributed by atoms with Crippen molar-refractivity contribution in [3.63, 3.8) is 0 Å². The van der Waals surface area contributed by atoms with Crippen LogP contribution in [0, 0.1) is 5.82 Å². The van der Waals surface area contributed by atoms with Crippen LogP contribution in [0.1, 0.15) is 43.7 Å². The summed E-state index contributed by atoms with van der Waals surface area (Å²) in [5, 5.41) is 8.71. The van der Waals surface area contributed by atoms with Gasteiger partial charge in [0, 0.05) is 6.20 Å². The lowest BCUT2D eigenvalue weighted by Gasteiger charge is -2.32. The molecule has 0 radical (unpaired) electrons. The van der Waals surface area contributed by atoms with E-state index in [1.54, 1.807) is 12.1 Å². The Hall–Kier alpha value is -1.73. The van der Waals surface area contributed by atoms with E-state index in [0.717, 1.165) is 6.07 Å². The van der Waals surface area contributed by atoms with Gasteiger partial charge in [0.25, 0.3) is 0 Å². The van der Waals surface area contributed by atoms with Gasteiger partial charge in [-0.3, -0.25) is 0 Å². The van der Waals surface area contributed by atoms with Crippen LogP contribution in [0.4, 0.5) is 4.39 Å². The van der Waals surface area contributed by atoms with E-state index in [1.807, 2.05) is 27.7 Å². The molecule has 1 saturated heterocycles. The normalized spacial score (nSPS) is 20.1. The Labute approximate surface area is 122 Å². The van der Waals surface area contributed by atoms with Crippen molar-refractivity contribution in [3.05, 3.63) is 35.3 Å². The van der Waals surface area contributed by atoms with E-state index in [9.17, 15) is 9.18 Å². The molecular formula is C14H17BFNO4. The summed E-state index contributed by atoms with van der Waals surface area (Å²) in [7, 11) is -0.544. The maximum atomic E-state index is 13.5. The zero-order valence-electron chi connectivity index (χ0n) is 12.4. The lowest BCUT2D eigenvalue weighted by molar-refractivity contribution is 0.00578. The topological polar surface area (TPSA) is 68.7 Å². The molecule has 0 unspecified atom stereocenters. The van der Waals surface area contributed by atoms with E-state index < -0.39 is 35.8 Å². The van der Waals surface area contributed by atoms with Crippen molar-refractivity contribution in [1.29, 1.82) is 0 Å². The van der Waals surface area contributed by atoms with Crippen molar-refractivity contribution in [1.82, 2.24) is 4.98 Å². The molecule has 1 aromatic rings. The van der Waals surface area contributed by atoms with Gasteiger partial charge in [0.1, 0.15) is 0 Å². The second-order valence-electron chi connectivity index (χ2n) is 5.89. The van der Waals surface area contributed by atoms with E-state index in [-0.39, 0.29) is 0 Å². The predicted octanol–water partition coefficient (Wildman–Crippen LogP) is 2.56. The minimum absolute atomic E-state index is 0.437. The largest absolute Gasteiger partial charge is 0.487 e. The molecule has 21 heavy (non-hydrogen) atoms. The van der Waals surface area contributed by atoms with Crippen molar-refractivity contribution in [2.75, 3.05) is 0 Å². The monoisotopic (exact) mass is 293 g/mol. The Morgan fingerprint density at radius 2 is 1.90 bits per heavy atom. The number of rotatable bonds is 3. The van der Waals surface area contributed by atoms with Gasteiger partial charge in [-0.15, -0.1) is 0 Å². The fraction of sp³-hybridized carbons (Fsp3) is 0.429. The Balaban J connectivity index is 2.13. The summed E-state index contributed by atoms with van der Waals surface area (Å²) < 4.78 is 25.0. The van der Waals surface area contributed by atoms with E-state index in [0.29, 0.717) is 5.56 Å². The number of aromatic carboxylic acids is 1. The van der Waals surface area contributed by atoms with Crippen LogP contribution in [0.3, 0.4) is 0 Å². The third kappa shape index (κ3) is 3.14. The molecule has 1 fully saturated rings. The number of pyridine rings is 1. The number of nitrogens with zero attached hydrogens (tertiary/aromatic N) is 1. The molecule has 0 spiro atoms. The van der Waals surface area contributed by atoms with Gasteiger partial charge in [-0.25, -0.2) is 14.2 Å². The Morgan fingerprint density at radius 3 is 2.38 bits per heavy atom. The van der Waals surface area contributed by atoms with Crippen LogP contribution in [0.5, 0.6) is 0 Å². The van der Waals surface area contributed by atoms with Gasteiger partial charge in [0.2, 0.25) is 0 Å². The number of halogens is 1. The molecule has 0 aliphatic carbocycles. The quantitative estimate of drug-likeness (QED) is 0.867. The van der Waals surface area contributed by atoms with Crippen molar-refractivity contribution in [2.24, 2.45) is 0 Å². The number of carboxylic acid groups (broad SMARTS) is 1. The molecule has 112 valence electrons. The van der Waals surface area contributed by atoms with Gasteiger partial charge in [-0.2, -0.15) is 0 Å². The lowest BCUT2D eigenvalue weighted by atomic mass is 9.89. The summed E-state index contributed by atoms with van der Waals surface area (Å²) in [4.78, 5) is 14.3. The minimum Gasteiger partial charge on any atom is -0.476 e. The highest BCUT2D eigenvalue weighted by Crippen LogP contribution is 2.37. The molecule has 7 heteroatoms. The number of carbonyl (C=O) groups is 1. The molecule has 0 amide bonds. The molecule has 1 N–H and O–H groups in total. The van der Waals surface area contributed by atoms with Gasteiger partial charge in [-0.1, -0.05) is 12.1 Å². The maximum Gasteiger partial charge on any atom is 0.487 e. The first-order valence-electron chi connectivity index (χ1n) is 6.55. The summed E-state index contributed by atoms with van der Waals surface area (Å²) in [6, 6.07) is 1.11. The van der Waals surface area contributed by atoms with Crippen LogP contribution < -0.4 is 0 Å². The van der Waals surface area contributed by atoms with E-state index in [1.165, 1.54) is 6.20 Å². The van der Waals surface area contributed by atoms with Gasteiger partial charge < -0.3 is 14.4 Å². The number of carboxylic acids is 1. The summed E-state index contributed by atoms with van der Waals surface area (Å²) in [5.74, 6) is -0.625. The third-order valence-electron chi connectivity index (χ3n) is 3.78. The smallest absolute Gasteiger partial charge is 0.476 e. The van der Waals surface area contributed by atoms with Gasteiger partial charge in [0.05, 0.1) is 11.2 Å². The molecule has 0 saturated carbocycles. The second-order valence-corrected chi connectivity index (χ2v) is 5.89. The molecule has 0 bridgehead atoms. The summed E-state index contributed by atoms with van der Waals surface area (Å²) in [6.07, 6.45) is 2.87. The zero-order chi connectivity index (χ0) is 15.8. The highest BCUT2D eigenvalue weighted by atomic mass is 19.1. The Kier molecular flexibility index (Phi) is 3.90. The van der Waals surface area contributed by atoms with Crippen molar-refractivity contribution >= 4 is 19.2 Å². The molecular weight excluding hydrogens is 276 g/mol. The van der Waals surface area contributed by atoms with Crippen molar-refractivity contribution in [2.45, 2.75) is 38.9 Å². The van der Waals surface area contributed by atoms with Gasteiger partial charge in [0.15, 0.2) is 11.5 Å². The molecule has 2 rings (SSSR count). The van der Waals surface area contributed by atoms with Crippen LogP contribution in [0.2, 0.25) is 0 Å². The molecule has 1 aliphatic rings. The van der Waals surface area contributed by atoms with E-state index >= 15 is 0 Å². The molecule has 0 atom stereocenters. The SMILES string of the molecule is CC1(C)OB(/C=C/c2cnc(C(=O)O)c(F)c2)OC1(C)C. The average molecular weight is 293 g/mol. The molecule has 1 aromatic heterocycles. The third-order valence-corrected chi connectivity index (χ3v) is 3.78. The van der Waals surface area contributed by atoms with Crippen molar-refractivity contribution < 1.29 is 23.6 Å². The molecule has 2 heterocycles. The minimum atomic E-state index is -1.39. The number of hydrogen-bond donors (Lipinski definition) is 1. The fourth-order valence-electron chi connectivity index (χ4n) is 1.86. The summed E-state index contributed by atoms with van der Waals surface area (Å²) >= 11 is 0. The highest BCUT2D eigenvalue weighted by molar-refractivity contribution is 6.52. The van der Waals surface area contributed by atoms with Crippen LogP contribution in [-0.2, 0) is 9.31 Å². The first kappa shape index (κ1) is 15.7. The van der Waals surface area contributed by atoms with E-state index in [2.05, 4.69) is 4.98 Å². The van der Waals surface area contributed by atoms with Crippen LogP contribution in [0.25, 0.3) is 6.08 Å². The summed E-state index contributed by atoms with van der Waals surface area (Å²) in [5.41, 5.74) is -1.05. The first-order chi connectivity index (χ1) is 9.62. The van der Waals surface area contributed by atoms with Gasteiger partial charge in [-0.05, 0) is 39.3 Å². The lowest BCUT2D eigenvalue weighted by Crippen LogP contribution is -2.41. The summed E-state index contributed by atoms with van der Waals surface area (Å²) in [6.45, 7) is 7.74. The maximum absolute atomic E-state index is 13.5. The van der Waals surface area contributed by atoms with Crippen LogP contribution in [-0.4, -0.2) is 34.4 Å². The van der Waals surface area contributed by atoms with Crippen LogP contribution in [0.15, 0.2) is 18.2 Å². The van der Waals surface area contributed by atoms with Gasteiger partial charge >= 0.3 is 13.1 Å². The Morgan fingerprint density at radius 1 is 1.33 bits per heavy atom. The number of hydrogen-bond acceptors (Lipinski definition) is 4. The van der Waals surface area contributed by atoms with Crippen molar-refractivity contribution in [3.8, 4) is 0 Å². The molecule has 5 nitrogen and oxygen atoms in total. The number of aromatic nitrogens is 1. The molecule has 1 aliphatic heterocycles. The first-order valence-corrected chi connectivity index (χ1v) is 6.55. The predicted molar refractivity (Wildman–Crippen MR) is 76.3 cm³/mol. The zero-order valence-corrected chi connectivity index (χ0v) is 12.4. The van der Waals surface area contributed by atoms with Crippen LogP contribution >= 0.6 is 0 Å². The molecule has 0 aromatic carbocycles. The second kappa shape index (κ2) is 5.24. The fourth-order valence-corrected chi connectivity index (χ4v) is 1.86. The average Bonchev–Trinajstić information content (AvgIpc) is 2.55.